The fourth-order valence-electron chi connectivity index (χ4n) is 3.74. The van der Waals surface area contributed by atoms with Crippen LogP contribution in [0.15, 0.2) is 36.8 Å². The van der Waals surface area contributed by atoms with Crippen molar-refractivity contribution < 1.29 is 4.79 Å². The molecule has 0 saturated carbocycles. The van der Waals surface area contributed by atoms with Crippen LogP contribution in [-0.2, 0) is 0 Å². The molecule has 8 nitrogen and oxygen atoms in total. The summed E-state index contributed by atoms with van der Waals surface area (Å²) in [6.07, 6.45) is 8.28. The summed E-state index contributed by atoms with van der Waals surface area (Å²) in [5.74, 6) is 1.61. The Kier molecular flexibility index (Phi) is 5.96. The number of piperidine rings is 1. The SMILES string of the molecule is O=C(c1ccc(NC2CCNCC2)nc1)N1CCCN(c2ncccn2)CC1. The number of rotatable bonds is 4. The molecule has 28 heavy (non-hydrogen) atoms. The van der Waals surface area contributed by atoms with Gasteiger partial charge in [0.05, 0.1) is 5.56 Å². The van der Waals surface area contributed by atoms with Crippen molar-refractivity contribution in [2.45, 2.75) is 25.3 Å². The molecule has 2 aromatic heterocycles. The minimum absolute atomic E-state index is 0.0387. The molecular weight excluding hydrogens is 354 g/mol. The van der Waals surface area contributed by atoms with E-state index in [-0.39, 0.29) is 5.91 Å². The molecule has 148 valence electrons. The molecule has 2 aliphatic rings. The van der Waals surface area contributed by atoms with Crippen LogP contribution in [0.4, 0.5) is 11.8 Å². The van der Waals surface area contributed by atoms with Gasteiger partial charge in [0.1, 0.15) is 5.82 Å². The molecule has 1 amide bonds. The zero-order valence-corrected chi connectivity index (χ0v) is 16.0. The normalized spacial score (nSPS) is 18.6. The molecule has 2 saturated heterocycles. The Morgan fingerprint density at radius 1 is 1.04 bits per heavy atom. The second-order valence-corrected chi connectivity index (χ2v) is 7.28. The van der Waals surface area contributed by atoms with Gasteiger partial charge < -0.3 is 20.4 Å². The maximum Gasteiger partial charge on any atom is 0.255 e. The minimum atomic E-state index is 0.0387. The number of anilines is 2. The van der Waals surface area contributed by atoms with Crippen molar-refractivity contribution in [3.8, 4) is 0 Å². The van der Waals surface area contributed by atoms with Crippen LogP contribution in [0.3, 0.4) is 0 Å². The molecule has 0 spiro atoms. The van der Waals surface area contributed by atoms with Gasteiger partial charge >= 0.3 is 0 Å². The topological polar surface area (TPSA) is 86.3 Å². The average Bonchev–Trinajstić information content (AvgIpc) is 3.02. The summed E-state index contributed by atoms with van der Waals surface area (Å²) >= 11 is 0. The van der Waals surface area contributed by atoms with E-state index >= 15 is 0 Å². The van der Waals surface area contributed by atoms with Crippen LogP contribution >= 0.6 is 0 Å². The lowest BCUT2D eigenvalue weighted by atomic mass is 10.1. The van der Waals surface area contributed by atoms with Gasteiger partial charge in [-0.15, -0.1) is 0 Å². The van der Waals surface area contributed by atoms with Crippen molar-refractivity contribution >= 4 is 17.7 Å². The predicted molar refractivity (Wildman–Crippen MR) is 109 cm³/mol. The Morgan fingerprint density at radius 3 is 2.61 bits per heavy atom. The van der Waals surface area contributed by atoms with Crippen LogP contribution in [-0.4, -0.2) is 71.1 Å². The summed E-state index contributed by atoms with van der Waals surface area (Å²) in [6.45, 7) is 5.05. The monoisotopic (exact) mass is 381 g/mol. The van der Waals surface area contributed by atoms with Crippen LogP contribution in [0, 0.1) is 0 Å². The van der Waals surface area contributed by atoms with Crippen molar-refractivity contribution in [3.63, 3.8) is 0 Å². The first kappa shape index (κ1) is 18.6. The van der Waals surface area contributed by atoms with Crippen molar-refractivity contribution in [2.24, 2.45) is 0 Å². The minimum Gasteiger partial charge on any atom is -0.367 e. The average molecular weight is 381 g/mol. The fraction of sp³-hybridized carbons (Fsp3) is 0.500. The largest absolute Gasteiger partial charge is 0.367 e. The maximum atomic E-state index is 12.9. The predicted octanol–water partition coefficient (Wildman–Crippen LogP) is 1.39. The Hall–Kier alpha value is -2.74. The number of aromatic nitrogens is 3. The first-order valence-electron chi connectivity index (χ1n) is 10.0. The van der Waals surface area contributed by atoms with E-state index in [4.69, 9.17) is 0 Å². The Balaban J connectivity index is 1.34. The third-order valence-corrected chi connectivity index (χ3v) is 5.32. The third-order valence-electron chi connectivity index (χ3n) is 5.32. The van der Waals surface area contributed by atoms with Gasteiger partial charge in [-0.25, -0.2) is 15.0 Å². The molecule has 2 aliphatic heterocycles. The number of pyridine rings is 1. The van der Waals surface area contributed by atoms with E-state index in [2.05, 4.69) is 30.5 Å². The summed E-state index contributed by atoms with van der Waals surface area (Å²) in [4.78, 5) is 30.0. The molecule has 8 heteroatoms. The number of nitrogens with zero attached hydrogens (tertiary/aromatic N) is 5. The summed E-state index contributed by atoms with van der Waals surface area (Å²) in [5.41, 5.74) is 0.639. The molecule has 0 unspecified atom stereocenters. The molecule has 0 aliphatic carbocycles. The van der Waals surface area contributed by atoms with E-state index in [1.807, 2.05) is 23.1 Å². The molecule has 4 rings (SSSR count). The zero-order chi connectivity index (χ0) is 19.2. The van der Waals surface area contributed by atoms with E-state index in [9.17, 15) is 4.79 Å². The van der Waals surface area contributed by atoms with Gasteiger partial charge in [-0.1, -0.05) is 0 Å². The highest BCUT2D eigenvalue weighted by Crippen LogP contribution is 2.15. The molecule has 4 heterocycles. The summed E-state index contributed by atoms with van der Waals surface area (Å²) < 4.78 is 0. The molecule has 0 bridgehead atoms. The van der Waals surface area contributed by atoms with E-state index < -0.39 is 0 Å². The van der Waals surface area contributed by atoms with E-state index in [1.54, 1.807) is 18.6 Å². The molecule has 2 fully saturated rings. The van der Waals surface area contributed by atoms with Crippen LogP contribution in [0.5, 0.6) is 0 Å². The lowest BCUT2D eigenvalue weighted by molar-refractivity contribution is 0.0766. The van der Waals surface area contributed by atoms with E-state index in [0.717, 1.165) is 63.8 Å². The summed E-state index contributed by atoms with van der Waals surface area (Å²) in [7, 11) is 0. The van der Waals surface area contributed by atoms with Gasteiger partial charge in [0, 0.05) is 50.8 Å². The Labute approximate surface area is 165 Å². The Morgan fingerprint density at radius 2 is 1.86 bits per heavy atom. The third kappa shape index (κ3) is 4.56. The van der Waals surface area contributed by atoms with Crippen LogP contribution in [0.25, 0.3) is 0 Å². The number of hydrogen-bond donors (Lipinski definition) is 2. The lowest BCUT2D eigenvalue weighted by Gasteiger charge is -2.24. The van der Waals surface area contributed by atoms with E-state index in [1.165, 1.54) is 0 Å². The summed E-state index contributed by atoms with van der Waals surface area (Å²) in [6, 6.07) is 6.05. The fourth-order valence-corrected chi connectivity index (χ4v) is 3.74. The van der Waals surface area contributed by atoms with Crippen molar-refractivity contribution in [3.05, 3.63) is 42.4 Å². The second kappa shape index (κ2) is 8.97. The molecular formula is C20H27N7O. The van der Waals surface area contributed by atoms with E-state index in [0.29, 0.717) is 18.2 Å². The second-order valence-electron chi connectivity index (χ2n) is 7.28. The van der Waals surface area contributed by atoms with Gasteiger partial charge in [-0.3, -0.25) is 4.79 Å². The first-order chi connectivity index (χ1) is 13.8. The maximum absolute atomic E-state index is 12.9. The number of nitrogens with one attached hydrogen (secondary N) is 2. The highest BCUT2D eigenvalue weighted by atomic mass is 16.2. The highest BCUT2D eigenvalue weighted by molar-refractivity contribution is 5.94. The zero-order valence-electron chi connectivity index (χ0n) is 16.0. The van der Waals surface area contributed by atoms with Gasteiger partial charge in [0.15, 0.2) is 0 Å². The van der Waals surface area contributed by atoms with Gasteiger partial charge in [0.25, 0.3) is 5.91 Å². The van der Waals surface area contributed by atoms with Crippen LogP contribution in [0.1, 0.15) is 29.6 Å². The quantitative estimate of drug-likeness (QED) is 0.828. The molecule has 0 aromatic carbocycles. The smallest absolute Gasteiger partial charge is 0.255 e. The number of hydrogen-bond acceptors (Lipinski definition) is 7. The van der Waals surface area contributed by atoms with Crippen molar-refractivity contribution in [2.75, 3.05) is 49.5 Å². The van der Waals surface area contributed by atoms with Crippen LogP contribution in [0.2, 0.25) is 0 Å². The van der Waals surface area contributed by atoms with Gasteiger partial charge in [0.2, 0.25) is 5.95 Å². The molecule has 0 atom stereocenters. The first-order valence-corrected chi connectivity index (χ1v) is 10.0. The van der Waals surface area contributed by atoms with Crippen molar-refractivity contribution in [1.29, 1.82) is 0 Å². The lowest BCUT2D eigenvalue weighted by Crippen LogP contribution is -2.36. The summed E-state index contributed by atoms with van der Waals surface area (Å²) in [5, 5.41) is 6.82. The molecule has 2 aromatic rings. The van der Waals surface area contributed by atoms with Crippen LogP contribution < -0.4 is 15.5 Å². The van der Waals surface area contributed by atoms with Gasteiger partial charge in [-0.05, 0) is 50.6 Å². The molecule has 2 N–H and O–H groups in total. The van der Waals surface area contributed by atoms with Crippen molar-refractivity contribution in [1.82, 2.24) is 25.2 Å². The number of amides is 1. The van der Waals surface area contributed by atoms with Gasteiger partial charge in [-0.2, -0.15) is 0 Å². The Bertz CT molecular complexity index is 762. The number of carbonyl (C=O) groups excluding carboxylic acids is 1. The standard InChI is InChI=1S/C20H27N7O/c28-19(16-3-4-18(24-15-16)25-17-5-9-21-10-6-17)26-11-2-12-27(14-13-26)20-22-7-1-8-23-20/h1,3-4,7-8,15,17,21H,2,5-6,9-14H2,(H,24,25). The highest BCUT2D eigenvalue weighted by Gasteiger charge is 2.22. The molecule has 0 radical (unpaired) electrons. The number of carbonyl (C=O) groups is 1.